The lowest BCUT2D eigenvalue weighted by molar-refractivity contribution is -0.114. The molecule has 0 aliphatic heterocycles. The van der Waals surface area contributed by atoms with Crippen molar-refractivity contribution in [3.63, 3.8) is 0 Å². The molecular weight excluding hydrogens is 410 g/mol. The van der Waals surface area contributed by atoms with Gasteiger partial charge in [0.2, 0.25) is 0 Å². The van der Waals surface area contributed by atoms with Crippen LogP contribution in [0.4, 0.5) is 17.6 Å². The van der Waals surface area contributed by atoms with E-state index in [9.17, 15) is 32.6 Å². The Bertz CT molecular complexity index is 1050. The number of aromatic hydroxyl groups is 2. The molecule has 2 N–H and O–H groups in total. The average molecular weight is 427 g/mol. The van der Waals surface area contributed by atoms with Crippen LogP contribution in [-0.4, -0.2) is 36.6 Å². The van der Waals surface area contributed by atoms with E-state index in [0.717, 1.165) is 20.3 Å². The van der Waals surface area contributed by atoms with Gasteiger partial charge in [0.05, 0.1) is 14.2 Å². The Labute approximate surface area is 168 Å². The fourth-order valence-corrected chi connectivity index (χ4v) is 2.51. The van der Waals surface area contributed by atoms with Crippen LogP contribution in [0.1, 0.15) is 24.5 Å². The van der Waals surface area contributed by atoms with Gasteiger partial charge in [-0.3, -0.25) is 4.79 Å². The van der Waals surface area contributed by atoms with Gasteiger partial charge in [0.1, 0.15) is 0 Å². The zero-order valence-corrected chi connectivity index (χ0v) is 16.1. The quantitative estimate of drug-likeness (QED) is 0.412. The van der Waals surface area contributed by atoms with Crippen molar-refractivity contribution in [3.8, 4) is 23.0 Å². The first kappa shape index (κ1) is 22.7. The van der Waals surface area contributed by atoms with Gasteiger partial charge in [-0.25, -0.2) is 22.6 Å². The molecule has 0 aliphatic carbocycles. The normalized spacial score (nSPS) is 11.8. The molecule has 2 aromatic rings. The smallest absolute Gasteiger partial charge is 0.272 e. The van der Waals surface area contributed by atoms with Crippen LogP contribution in [0, 0.1) is 23.3 Å². The zero-order chi connectivity index (χ0) is 22.6. The molecule has 2 aromatic carbocycles. The average Bonchev–Trinajstić information content (AvgIpc) is 2.72. The van der Waals surface area contributed by atoms with Crippen molar-refractivity contribution < 1.29 is 42.0 Å². The van der Waals surface area contributed by atoms with Crippen molar-refractivity contribution in [3.05, 3.63) is 52.1 Å². The van der Waals surface area contributed by atoms with Crippen LogP contribution in [0.5, 0.6) is 23.0 Å². The Morgan fingerprint density at radius 2 is 1.43 bits per heavy atom. The number of methoxy groups -OCH3 is 2. The maximum atomic E-state index is 14.4. The third-order valence-corrected chi connectivity index (χ3v) is 4.07. The molecule has 2 rings (SSSR count). The predicted octanol–water partition coefficient (Wildman–Crippen LogP) is 4.11. The molecule has 1 amide bonds. The van der Waals surface area contributed by atoms with Crippen LogP contribution >= 0.6 is 0 Å². The standard InChI is InChI=1S/C20H17F4NO5/c1-4-9(5-10-6-12(21)16(26)18(29-2)14(10)23)20(28)25-8-11-7-13(22)17(27)19(30-3)15(11)24/h5-8,26-27H,4H2,1-3H3/b9-5+,25-8+. The number of nitrogens with zero attached hydrogens (tertiary/aromatic N) is 1. The Balaban J connectivity index is 2.44. The summed E-state index contributed by atoms with van der Waals surface area (Å²) < 4.78 is 65.2. The first-order valence-corrected chi connectivity index (χ1v) is 8.45. The minimum Gasteiger partial charge on any atom is -0.502 e. The van der Waals surface area contributed by atoms with Gasteiger partial charge in [0, 0.05) is 22.9 Å². The first-order valence-electron chi connectivity index (χ1n) is 8.45. The van der Waals surface area contributed by atoms with Gasteiger partial charge < -0.3 is 19.7 Å². The molecule has 0 bridgehead atoms. The summed E-state index contributed by atoms with van der Waals surface area (Å²) in [5.74, 6) is -9.09. The third kappa shape index (κ3) is 4.37. The number of benzene rings is 2. The van der Waals surface area contributed by atoms with E-state index in [1.54, 1.807) is 0 Å². The molecule has 0 fully saturated rings. The number of amides is 1. The van der Waals surface area contributed by atoms with Crippen molar-refractivity contribution in [1.82, 2.24) is 0 Å². The highest BCUT2D eigenvalue weighted by Crippen LogP contribution is 2.35. The molecule has 6 nitrogen and oxygen atoms in total. The van der Waals surface area contributed by atoms with Gasteiger partial charge in [0.15, 0.2) is 46.3 Å². The molecule has 0 spiro atoms. The maximum Gasteiger partial charge on any atom is 0.272 e. The third-order valence-electron chi connectivity index (χ3n) is 4.07. The summed E-state index contributed by atoms with van der Waals surface area (Å²) in [6.45, 7) is 1.54. The maximum absolute atomic E-state index is 14.4. The van der Waals surface area contributed by atoms with E-state index in [1.165, 1.54) is 6.92 Å². The van der Waals surface area contributed by atoms with Crippen molar-refractivity contribution in [1.29, 1.82) is 0 Å². The largest absolute Gasteiger partial charge is 0.502 e. The number of phenolic OH excluding ortho intramolecular Hbond substituents is 2. The summed E-state index contributed by atoms with van der Waals surface area (Å²) in [4.78, 5) is 15.8. The van der Waals surface area contributed by atoms with E-state index in [2.05, 4.69) is 14.5 Å². The zero-order valence-electron chi connectivity index (χ0n) is 16.1. The van der Waals surface area contributed by atoms with E-state index in [-0.39, 0.29) is 17.6 Å². The van der Waals surface area contributed by atoms with E-state index < -0.39 is 57.7 Å². The molecule has 0 heterocycles. The van der Waals surface area contributed by atoms with Crippen LogP contribution in [0.15, 0.2) is 22.7 Å². The summed E-state index contributed by atoms with van der Waals surface area (Å²) in [6.07, 6.45) is 1.74. The van der Waals surface area contributed by atoms with Crippen LogP contribution in [0.2, 0.25) is 0 Å². The number of hydrogen-bond donors (Lipinski definition) is 2. The molecule has 10 heteroatoms. The number of hydrogen-bond acceptors (Lipinski definition) is 5. The number of halogens is 4. The molecular formula is C20H17F4NO5. The van der Waals surface area contributed by atoms with Gasteiger partial charge in [-0.1, -0.05) is 6.92 Å². The van der Waals surface area contributed by atoms with E-state index in [1.807, 2.05) is 0 Å². The van der Waals surface area contributed by atoms with Crippen LogP contribution in [0.25, 0.3) is 6.08 Å². The number of aliphatic imine (C=N–C) groups is 1. The first-order chi connectivity index (χ1) is 14.2. The SMILES string of the molecule is CC/C(=C\c1cc(F)c(O)c(OC)c1F)C(=O)/N=C/c1cc(F)c(O)c(OC)c1F. The molecule has 0 aliphatic rings. The lowest BCUT2D eigenvalue weighted by atomic mass is 10.1. The molecule has 160 valence electrons. The second-order valence-corrected chi connectivity index (χ2v) is 5.87. The summed E-state index contributed by atoms with van der Waals surface area (Å²) in [6, 6.07) is 1.28. The summed E-state index contributed by atoms with van der Waals surface area (Å²) >= 11 is 0. The second kappa shape index (κ2) is 9.29. The van der Waals surface area contributed by atoms with Crippen molar-refractivity contribution in [2.75, 3.05) is 14.2 Å². The number of carbonyl (C=O) groups excluding carboxylic acids is 1. The fraction of sp³-hybridized carbons (Fsp3) is 0.200. The summed E-state index contributed by atoms with van der Waals surface area (Å²) in [5.41, 5.74) is -0.954. The van der Waals surface area contributed by atoms with Crippen LogP contribution < -0.4 is 9.47 Å². The van der Waals surface area contributed by atoms with Gasteiger partial charge >= 0.3 is 0 Å². The van der Waals surface area contributed by atoms with Gasteiger partial charge in [-0.15, -0.1) is 0 Å². The number of rotatable bonds is 6. The van der Waals surface area contributed by atoms with Gasteiger partial charge in [-0.2, -0.15) is 0 Å². The number of carbonyl (C=O) groups is 1. The summed E-state index contributed by atoms with van der Waals surface area (Å²) in [5, 5.41) is 18.9. The Morgan fingerprint density at radius 1 is 0.967 bits per heavy atom. The molecule has 0 radical (unpaired) electrons. The van der Waals surface area contributed by atoms with Crippen molar-refractivity contribution in [2.24, 2.45) is 4.99 Å². The summed E-state index contributed by atoms with van der Waals surface area (Å²) in [7, 11) is 2.04. The molecule has 0 atom stereocenters. The van der Waals surface area contributed by atoms with Crippen LogP contribution in [0.3, 0.4) is 0 Å². The Morgan fingerprint density at radius 3 is 1.90 bits per heavy atom. The van der Waals surface area contributed by atoms with Gasteiger partial charge in [0.25, 0.3) is 5.91 Å². The Hall–Kier alpha value is -3.56. The monoisotopic (exact) mass is 427 g/mol. The van der Waals surface area contributed by atoms with E-state index in [0.29, 0.717) is 18.3 Å². The van der Waals surface area contributed by atoms with E-state index in [4.69, 9.17) is 0 Å². The van der Waals surface area contributed by atoms with Crippen LogP contribution in [-0.2, 0) is 4.79 Å². The predicted molar refractivity (Wildman–Crippen MR) is 100 cm³/mol. The lowest BCUT2D eigenvalue weighted by Gasteiger charge is -2.09. The van der Waals surface area contributed by atoms with Crippen molar-refractivity contribution in [2.45, 2.75) is 13.3 Å². The topological polar surface area (TPSA) is 88.4 Å². The van der Waals surface area contributed by atoms with Gasteiger partial charge in [-0.05, 0) is 24.6 Å². The molecule has 30 heavy (non-hydrogen) atoms. The molecule has 0 saturated carbocycles. The number of ether oxygens (including phenoxy) is 2. The minimum atomic E-state index is -1.19. The van der Waals surface area contributed by atoms with E-state index >= 15 is 0 Å². The second-order valence-electron chi connectivity index (χ2n) is 5.87. The molecule has 0 saturated heterocycles. The minimum absolute atomic E-state index is 0.0379. The fourth-order valence-electron chi connectivity index (χ4n) is 2.51. The molecule has 0 unspecified atom stereocenters. The highest BCUT2D eigenvalue weighted by molar-refractivity contribution is 6.04. The Kier molecular flexibility index (Phi) is 7.04. The number of phenols is 2. The molecule has 0 aromatic heterocycles. The highest BCUT2D eigenvalue weighted by Gasteiger charge is 2.20. The lowest BCUT2D eigenvalue weighted by Crippen LogP contribution is -2.02. The highest BCUT2D eigenvalue weighted by atomic mass is 19.1. The van der Waals surface area contributed by atoms with Crippen molar-refractivity contribution >= 4 is 18.2 Å².